The second-order valence-electron chi connectivity index (χ2n) is 5.75. The Bertz CT molecular complexity index is 389. The minimum Gasteiger partial charge on any atom is -0.0885 e. The fourth-order valence-electron chi connectivity index (χ4n) is 3.28. The first kappa shape index (κ1) is 12.6. The van der Waals surface area contributed by atoms with E-state index in [2.05, 4.69) is 56.4 Å². The average molecular weight is 244 g/mol. The predicted octanol–water partition coefficient (Wildman–Crippen LogP) is 4.49. The molecule has 0 radical (unpaired) electrons. The minimum atomic E-state index is -1.33. The third-order valence-electron chi connectivity index (χ3n) is 4.42. The Kier molecular flexibility index (Phi) is 3.88. The molecule has 0 bridgehead atoms. The number of hydrogen-bond acceptors (Lipinski definition) is 0. The zero-order valence-electron chi connectivity index (χ0n) is 11.4. The van der Waals surface area contributed by atoms with Crippen molar-refractivity contribution >= 4 is 13.3 Å². The molecule has 0 aliphatic heterocycles. The first-order chi connectivity index (χ1) is 8.16. The standard InChI is InChI=1S/C16H24Si/c1-4-14-10-8-9-13-16(14)17(2,3)15-11-6-5-7-12-15/h4-7,11-12,16H,8-10,13H2,1-3H3/b14-4+. The number of rotatable bonds is 2. The highest BCUT2D eigenvalue weighted by atomic mass is 28.3. The highest BCUT2D eigenvalue weighted by Gasteiger charge is 2.36. The molecule has 0 amide bonds. The Morgan fingerprint density at radius 1 is 1.12 bits per heavy atom. The highest BCUT2D eigenvalue weighted by molar-refractivity contribution is 6.91. The fraction of sp³-hybridized carbons (Fsp3) is 0.500. The maximum atomic E-state index is 2.54. The van der Waals surface area contributed by atoms with Crippen LogP contribution in [0.25, 0.3) is 0 Å². The van der Waals surface area contributed by atoms with Gasteiger partial charge in [0.15, 0.2) is 0 Å². The zero-order valence-corrected chi connectivity index (χ0v) is 12.4. The molecule has 17 heavy (non-hydrogen) atoms. The van der Waals surface area contributed by atoms with Gasteiger partial charge in [-0.1, -0.05) is 66.7 Å². The Morgan fingerprint density at radius 2 is 1.82 bits per heavy atom. The molecule has 0 spiro atoms. The van der Waals surface area contributed by atoms with E-state index in [1.165, 1.54) is 25.7 Å². The zero-order chi connectivity index (χ0) is 12.3. The van der Waals surface area contributed by atoms with Gasteiger partial charge in [-0.15, -0.1) is 0 Å². The Balaban J connectivity index is 2.31. The lowest BCUT2D eigenvalue weighted by Crippen LogP contribution is -2.47. The maximum Gasteiger partial charge on any atom is 0.0876 e. The van der Waals surface area contributed by atoms with Crippen LogP contribution in [0, 0.1) is 0 Å². The maximum absolute atomic E-state index is 2.54. The molecule has 1 aliphatic carbocycles. The van der Waals surface area contributed by atoms with Crippen LogP contribution >= 0.6 is 0 Å². The van der Waals surface area contributed by atoms with Crippen molar-refractivity contribution in [2.75, 3.05) is 0 Å². The summed E-state index contributed by atoms with van der Waals surface area (Å²) in [6, 6.07) is 11.2. The fourth-order valence-corrected chi connectivity index (χ4v) is 6.89. The molecule has 1 unspecified atom stereocenters. The molecular formula is C16H24Si. The molecule has 92 valence electrons. The molecule has 1 saturated carbocycles. The molecule has 1 atom stereocenters. The van der Waals surface area contributed by atoms with Crippen molar-refractivity contribution in [2.45, 2.75) is 51.2 Å². The van der Waals surface area contributed by atoms with Crippen LogP contribution < -0.4 is 5.19 Å². The van der Waals surface area contributed by atoms with E-state index in [0.717, 1.165) is 5.54 Å². The molecule has 1 aromatic rings. The molecule has 0 nitrogen and oxygen atoms in total. The van der Waals surface area contributed by atoms with Crippen molar-refractivity contribution < 1.29 is 0 Å². The lowest BCUT2D eigenvalue weighted by atomic mass is 9.94. The van der Waals surface area contributed by atoms with Crippen molar-refractivity contribution in [3.63, 3.8) is 0 Å². The van der Waals surface area contributed by atoms with Crippen molar-refractivity contribution in [2.24, 2.45) is 0 Å². The lowest BCUT2D eigenvalue weighted by Gasteiger charge is -2.38. The lowest BCUT2D eigenvalue weighted by molar-refractivity contribution is 0.588. The highest BCUT2D eigenvalue weighted by Crippen LogP contribution is 2.40. The summed E-state index contributed by atoms with van der Waals surface area (Å²) in [6.07, 6.45) is 7.96. The van der Waals surface area contributed by atoms with Crippen LogP contribution in [0.15, 0.2) is 42.0 Å². The van der Waals surface area contributed by atoms with Crippen LogP contribution in [0.4, 0.5) is 0 Å². The first-order valence-electron chi connectivity index (χ1n) is 6.87. The van der Waals surface area contributed by atoms with Crippen LogP contribution in [0.2, 0.25) is 18.6 Å². The summed E-state index contributed by atoms with van der Waals surface area (Å²) >= 11 is 0. The van der Waals surface area contributed by atoms with E-state index in [1.807, 2.05) is 0 Å². The van der Waals surface area contributed by atoms with E-state index in [-0.39, 0.29) is 0 Å². The monoisotopic (exact) mass is 244 g/mol. The van der Waals surface area contributed by atoms with Gasteiger partial charge in [-0.2, -0.15) is 0 Å². The average Bonchev–Trinajstić information content (AvgIpc) is 2.39. The second-order valence-corrected chi connectivity index (χ2v) is 10.5. The normalized spacial score (nSPS) is 23.9. The van der Waals surface area contributed by atoms with E-state index >= 15 is 0 Å². The van der Waals surface area contributed by atoms with Gasteiger partial charge in [0.25, 0.3) is 0 Å². The molecule has 1 aliphatic rings. The topological polar surface area (TPSA) is 0 Å². The molecule has 1 fully saturated rings. The minimum absolute atomic E-state index is 0.864. The SMILES string of the molecule is C/C=C1\CCCCC1[Si](C)(C)c1ccccc1. The van der Waals surface area contributed by atoms with E-state index in [0.29, 0.717) is 0 Å². The van der Waals surface area contributed by atoms with Gasteiger partial charge in [-0.3, -0.25) is 0 Å². The van der Waals surface area contributed by atoms with Gasteiger partial charge in [-0.25, -0.2) is 0 Å². The summed E-state index contributed by atoms with van der Waals surface area (Å²) in [4.78, 5) is 0. The van der Waals surface area contributed by atoms with Crippen LogP contribution in [-0.4, -0.2) is 8.07 Å². The molecule has 0 aromatic heterocycles. The van der Waals surface area contributed by atoms with Crippen LogP contribution in [0.5, 0.6) is 0 Å². The van der Waals surface area contributed by atoms with Gasteiger partial charge in [0.05, 0.1) is 8.07 Å². The predicted molar refractivity (Wildman–Crippen MR) is 79.5 cm³/mol. The van der Waals surface area contributed by atoms with E-state index in [9.17, 15) is 0 Å². The van der Waals surface area contributed by atoms with Gasteiger partial charge in [0.2, 0.25) is 0 Å². The Hall–Kier alpha value is -0.823. The van der Waals surface area contributed by atoms with Crippen molar-refractivity contribution in [1.82, 2.24) is 0 Å². The molecule has 0 saturated heterocycles. The summed E-state index contributed by atoms with van der Waals surface area (Å²) in [5.41, 5.74) is 2.60. The summed E-state index contributed by atoms with van der Waals surface area (Å²) < 4.78 is 0. The second kappa shape index (κ2) is 5.22. The molecule has 2 rings (SSSR count). The van der Waals surface area contributed by atoms with Crippen molar-refractivity contribution in [3.05, 3.63) is 42.0 Å². The number of hydrogen-bond donors (Lipinski definition) is 0. The molecular weight excluding hydrogens is 220 g/mol. The molecule has 0 heterocycles. The number of benzene rings is 1. The van der Waals surface area contributed by atoms with Gasteiger partial charge < -0.3 is 0 Å². The van der Waals surface area contributed by atoms with Gasteiger partial charge in [-0.05, 0) is 31.7 Å². The van der Waals surface area contributed by atoms with Gasteiger partial charge in [0, 0.05) is 0 Å². The summed E-state index contributed by atoms with van der Waals surface area (Å²) in [7, 11) is -1.33. The summed E-state index contributed by atoms with van der Waals surface area (Å²) in [5.74, 6) is 0. The third-order valence-corrected chi connectivity index (χ3v) is 8.64. The van der Waals surface area contributed by atoms with Crippen LogP contribution in [-0.2, 0) is 0 Å². The molecule has 1 aromatic carbocycles. The van der Waals surface area contributed by atoms with Crippen LogP contribution in [0.3, 0.4) is 0 Å². The van der Waals surface area contributed by atoms with Crippen LogP contribution in [0.1, 0.15) is 32.6 Å². The molecule has 0 N–H and O–H groups in total. The first-order valence-corrected chi connectivity index (χ1v) is 9.94. The summed E-state index contributed by atoms with van der Waals surface area (Å²) in [6.45, 7) is 7.31. The largest absolute Gasteiger partial charge is 0.0885 e. The van der Waals surface area contributed by atoms with Crippen molar-refractivity contribution in [3.8, 4) is 0 Å². The third kappa shape index (κ3) is 2.55. The smallest absolute Gasteiger partial charge is 0.0876 e. The van der Waals surface area contributed by atoms with E-state index < -0.39 is 8.07 Å². The summed E-state index contributed by atoms with van der Waals surface area (Å²) in [5, 5.41) is 1.62. The van der Waals surface area contributed by atoms with Gasteiger partial charge in [0.1, 0.15) is 0 Å². The van der Waals surface area contributed by atoms with Gasteiger partial charge >= 0.3 is 0 Å². The Morgan fingerprint density at radius 3 is 2.47 bits per heavy atom. The quantitative estimate of drug-likeness (QED) is 0.531. The van der Waals surface area contributed by atoms with E-state index in [1.54, 1.807) is 10.8 Å². The van der Waals surface area contributed by atoms with E-state index in [4.69, 9.17) is 0 Å². The Labute approximate surface area is 107 Å². The molecule has 1 heteroatoms. The van der Waals surface area contributed by atoms with Crippen molar-refractivity contribution in [1.29, 1.82) is 0 Å². The number of allylic oxidation sites excluding steroid dienone is 2.